The van der Waals surface area contributed by atoms with Gasteiger partial charge in [-0.25, -0.2) is 0 Å². The monoisotopic (exact) mass is 302 g/mol. The lowest BCUT2D eigenvalue weighted by atomic mass is 10.2. The van der Waals surface area contributed by atoms with Crippen LogP contribution in [0.15, 0.2) is 0 Å². The van der Waals surface area contributed by atoms with Gasteiger partial charge in [0.15, 0.2) is 0 Å². The maximum atomic E-state index is 6.17. The molecular weight excluding hydrogens is 264 g/mol. The normalized spacial score (nSPS) is 12.0. The van der Waals surface area contributed by atoms with Crippen LogP contribution in [0.5, 0.6) is 0 Å². The minimum absolute atomic E-state index is 0.814. The van der Waals surface area contributed by atoms with E-state index < -0.39 is 8.56 Å². The SMILES string of the molecule is CCCCCCC[Si](CCCCCC)(OCC)OCC. The van der Waals surface area contributed by atoms with Gasteiger partial charge in [0.2, 0.25) is 0 Å². The van der Waals surface area contributed by atoms with Crippen LogP contribution in [0, 0.1) is 0 Å². The summed E-state index contributed by atoms with van der Waals surface area (Å²) in [5, 5.41) is 0. The Balaban J connectivity index is 4.18. The van der Waals surface area contributed by atoms with Gasteiger partial charge in [-0.2, -0.15) is 0 Å². The average Bonchev–Trinajstić information content (AvgIpc) is 2.44. The van der Waals surface area contributed by atoms with E-state index in [0.29, 0.717) is 0 Å². The fraction of sp³-hybridized carbons (Fsp3) is 1.00. The second kappa shape index (κ2) is 14.1. The van der Waals surface area contributed by atoms with E-state index >= 15 is 0 Å². The third-order valence-corrected chi connectivity index (χ3v) is 7.75. The molecule has 122 valence electrons. The predicted molar refractivity (Wildman–Crippen MR) is 91.5 cm³/mol. The Morgan fingerprint density at radius 1 is 0.550 bits per heavy atom. The Hall–Kier alpha value is 0.137. The van der Waals surface area contributed by atoms with Crippen LogP contribution in [0.3, 0.4) is 0 Å². The molecule has 0 aliphatic carbocycles. The Morgan fingerprint density at radius 2 is 0.950 bits per heavy atom. The van der Waals surface area contributed by atoms with Gasteiger partial charge < -0.3 is 8.85 Å². The fourth-order valence-corrected chi connectivity index (χ4v) is 6.34. The van der Waals surface area contributed by atoms with Crippen LogP contribution in [0.1, 0.15) is 85.5 Å². The molecule has 0 amide bonds. The minimum Gasteiger partial charge on any atom is -0.394 e. The summed E-state index contributed by atoms with van der Waals surface area (Å²) in [6.45, 7) is 10.4. The fourth-order valence-electron chi connectivity index (χ4n) is 2.80. The third kappa shape index (κ3) is 9.95. The lowest BCUT2D eigenvalue weighted by molar-refractivity contribution is 0.180. The van der Waals surface area contributed by atoms with Gasteiger partial charge in [-0.1, -0.05) is 71.6 Å². The molecule has 0 saturated heterocycles. The summed E-state index contributed by atoms with van der Waals surface area (Å²) in [6, 6.07) is 2.40. The lowest BCUT2D eigenvalue weighted by Crippen LogP contribution is -2.42. The molecule has 0 atom stereocenters. The van der Waals surface area contributed by atoms with Crippen LogP contribution in [0.2, 0.25) is 12.1 Å². The van der Waals surface area contributed by atoms with Gasteiger partial charge in [-0.3, -0.25) is 0 Å². The van der Waals surface area contributed by atoms with Gasteiger partial charge in [0, 0.05) is 13.2 Å². The van der Waals surface area contributed by atoms with Crippen molar-refractivity contribution in [2.75, 3.05) is 13.2 Å². The molecule has 0 radical (unpaired) electrons. The molecule has 0 heterocycles. The molecule has 20 heavy (non-hydrogen) atoms. The van der Waals surface area contributed by atoms with Gasteiger partial charge >= 0.3 is 8.56 Å². The topological polar surface area (TPSA) is 18.5 Å². The van der Waals surface area contributed by atoms with Crippen molar-refractivity contribution in [3.63, 3.8) is 0 Å². The van der Waals surface area contributed by atoms with E-state index in [4.69, 9.17) is 8.85 Å². The summed E-state index contributed by atoms with van der Waals surface area (Å²) in [4.78, 5) is 0. The first-order chi connectivity index (χ1) is 9.74. The van der Waals surface area contributed by atoms with Crippen LogP contribution >= 0.6 is 0 Å². The van der Waals surface area contributed by atoms with Crippen molar-refractivity contribution in [3.05, 3.63) is 0 Å². The van der Waals surface area contributed by atoms with Crippen molar-refractivity contribution < 1.29 is 8.85 Å². The third-order valence-electron chi connectivity index (χ3n) is 3.89. The largest absolute Gasteiger partial charge is 0.394 e. The molecule has 0 aromatic carbocycles. The Kier molecular flexibility index (Phi) is 14.2. The van der Waals surface area contributed by atoms with Gasteiger partial charge in [-0.05, 0) is 25.9 Å². The van der Waals surface area contributed by atoms with Crippen molar-refractivity contribution in [1.29, 1.82) is 0 Å². The molecule has 0 aromatic rings. The van der Waals surface area contributed by atoms with Crippen molar-refractivity contribution in [2.24, 2.45) is 0 Å². The standard InChI is InChI=1S/C17H38O2Si/c1-5-9-11-13-15-17-20(18-7-3,19-8-4)16-14-12-10-6-2/h5-17H2,1-4H3. The van der Waals surface area contributed by atoms with E-state index in [1.807, 2.05) is 0 Å². The number of rotatable bonds is 15. The minimum atomic E-state index is -1.91. The molecule has 0 unspecified atom stereocenters. The summed E-state index contributed by atoms with van der Waals surface area (Å²) in [6.07, 6.45) is 12.0. The zero-order valence-electron chi connectivity index (χ0n) is 14.5. The molecule has 0 spiro atoms. The Morgan fingerprint density at radius 3 is 1.35 bits per heavy atom. The molecule has 0 fully saturated rings. The number of hydrogen-bond donors (Lipinski definition) is 0. The van der Waals surface area contributed by atoms with E-state index in [1.165, 1.54) is 69.9 Å². The molecule has 0 aromatic heterocycles. The summed E-state index contributed by atoms with van der Waals surface area (Å²) < 4.78 is 12.3. The molecule has 3 heteroatoms. The Labute approximate surface area is 128 Å². The Bertz CT molecular complexity index is 191. The van der Waals surface area contributed by atoms with Crippen molar-refractivity contribution >= 4 is 8.56 Å². The second-order valence-electron chi connectivity index (χ2n) is 5.75. The van der Waals surface area contributed by atoms with Gasteiger partial charge in [0.25, 0.3) is 0 Å². The summed E-state index contributed by atoms with van der Waals surface area (Å²) >= 11 is 0. The van der Waals surface area contributed by atoms with Crippen LogP contribution in [0.25, 0.3) is 0 Å². The molecule has 0 aliphatic heterocycles. The van der Waals surface area contributed by atoms with E-state index in [2.05, 4.69) is 27.7 Å². The first kappa shape index (κ1) is 20.1. The highest BCUT2D eigenvalue weighted by Gasteiger charge is 2.35. The summed E-state index contributed by atoms with van der Waals surface area (Å²) in [7, 11) is -1.91. The van der Waals surface area contributed by atoms with Gasteiger partial charge in [0.1, 0.15) is 0 Å². The quantitative estimate of drug-likeness (QED) is 0.271. The maximum Gasteiger partial charge on any atom is 0.338 e. The van der Waals surface area contributed by atoms with Crippen molar-refractivity contribution in [2.45, 2.75) is 97.6 Å². The number of unbranched alkanes of at least 4 members (excludes halogenated alkanes) is 7. The van der Waals surface area contributed by atoms with E-state index in [9.17, 15) is 0 Å². The van der Waals surface area contributed by atoms with E-state index in [0.717, 1.165) is 13.2 Å². The van der Waals surface area contributed by atoms with Crippen LogP contribution < -0.4 is 0 Å². The summed E-state index contributed by atoms with van der Waals surface area (Å²) in [5.41, 5.74) is 0. The highest BCUT2D eigenvalue weighted by molar-refractivity contribution is 6.67. The van der Waals surface area contributed by atoms with Crippen LogP contribution in [-0.4, -0.2) is 21.8 Å². The van der Waals surface area contributed by atoms with Gasteiger partial charge in [-0.15, -0.1) is 0 Å². The average molecular weight is 303 g/mol. The second-order valence-corrected chi connectivity index (χ2v) is 9.15. The smallest absolute Gasteiger partial charge is 0.338 e. The molecule has 0 saturated carbocycles. The number of hydrogen-bond acceptors (Lipinski definition) is 2. The van der Waals surface area contributed by atoms with Crippen molar-refractivity contribution in [3.8, 4) is 0 Å². The first-order valence-corrected chi connectivity index (χ1v) is 11.3. The molecule has 2 nitrogen and oxygen atoms in total. The highest BCUT2D eigenvalue weighted by Crippen LogP contribution is 2.26. The maximum absolute atomic E-state index is 6.17. The first-order valence-electron chi connectivity index (χ1n) is 9.02. The van der Waals surface area contributed by atoms with E-state index in [1.54, 1.807) is 0 Å². The van der Waals surface area contributed by atoms with Gasteiger partial charge in [0.05, 0.1) is 0 Å². The van der Waals surface area contributed by atoms with Crippen LogP contribution in [0.4, 0.5) is 0 Å². The molecule has 0 bridgehead atoms. The van der Waals surface area contributed by atoms with Crippen molar-refractivity contribution in [1.82, 2.24) is 0 Å². The molecule has 0 N–H and O–H groups in total. The summed E-state index contributed by atoms with van der Waals surface area (Å²) in [5.74, 6) is 0. The molecule has 0 aliphatic rings. The predicted octanol–water partition coefficient (Wildman–Crippen LogP) is 6.05. The highest BCUT2D eigenvalue weighted by atomic mass is 28.4. The van der Waals surface area contributed by atoms with E-state index in [-0.39, 0.29) is 0 Å². The molecule has 0 rings (SSSR count). The lowest BCUT2D eigenvalue weighted by Gasteiger charge is -2.30. The zero-order chi connectivity index (χ0) is 15.1. The van der Waals surface area contributed by atoms with Crippen LogP contribution in [-0.2, 0) is 8.85 Å². The molecular formula is C17H38O2Si. The zero-order valence-corrected chi connectivity index (χ0v) is 15.5.